The summed E-state index contributed by atoms with van der Waals surface area (Å²) in [6.45, 7) is 1.71. The number of carbonyl (C=O) groups is 1. The van der Waals surface area contributed by atoms with Crippen molar-refractivity contribution in [3.63, 3.8) is 0 Å². The molecule has 2 rings (SSSR count). The van der Waals surface area contributed by atoms with Crippen LogP contribution in [0.1, 0.15) is 11.1 Å². The summed E-state index contributed by atoms with van der Waals surface area (Å²) >= 11 is 1.51. The maximum absolute atomic E-state index is 12.0. The van der Waals surface area contributed by atoms with Crippen molar-refractivity contribution in [3.05, 3.63) is 59.7 Å². The van der Waals surface area contributed by atoms with Crippen molar-refractivity contribution in [3.8, 4) is 0 Å². The SMILES string of the molecule is CNS(=O)(=O)c1cc(NC(=O)CSCc2ccccc2)ccc1C. The molecule has 0 bridgehead atoms. The number of thioether (sulfide) groups is 1. The Balaban J connectivity index is 1.96. The van der Waals surface area contributed by atoms with Gasteiger partial charge in [0.15, 0.2) is 0 Å². The molecule has 5 nitrogen and oxygen atoms in total. The van der Waals surface area contributed by atoms with Crippen LogP contribution in [0.5, 0.6) is 0 Å². The molecule has 0 atom stereocenters. The molecule has 0 saturated heterocycles. The topological polar surface area (TPSA) is 75.3 Å². The molecular weight excluding hydrogens is 344 g/mol. The van der Waals surface area contributed by atoms with Crippen LogP contribution in [0.2, 0.25) is 0 Å². The number of hydrogen-bond acceptors (Lipinski definition) is 4. The van der Waals surface area contributed by atoms with Crippen molar-refractivity contribution < 1.29 is 13.2 Å². The van der Waals surface area contributed by atoms with Crippen LogP contribution in [0.3, 0.4) is 0 Å². The summed E-state index contributed by atoms with van der Waals surface area (Å²) < 4.78 is 26.2. The number of aryl methyl sites for hydroxylation is 1. The number of hydrogen-bond donors (Lipinski definition) is 2. The van der Waals surface area contributed by atoms with Gasteiger partial charge in [-0.3, -0.25) is 4.79 Å². The van der Waals surface area contributed by atoms with E-state index in [2.05, 4.69) is 10.0 Å². The number of carbonyl (C=O) groups excluding carboxylic acids is 1. The van der Waals surface area contributed by atoms with Crippen molar-refractivity contribution in [1.82, 2.24) is 4.72 Å². The van der Waals surface area contributed by atoms with Crippen LogP contribution in [0.4, 0.5) is 5.69 Å². The Labute approximate surface area is 146 Å². The maximum Gasteiger partial charge on any atom is 0.240 e. The van der Waals surface area contributed by atoms with Gasteiger partial charge < -0.3 is 5.32 Å². The zero-order valence-electron chi connectivity index (χ0n) is 13.6. The predicted molar refractivity (Wildman–Crippen MR) is 98.7 cm³/mol. The third kappa shape index (κ3) is 5.09. The summed E-state index contributed by atoms with van der Waals surface area (Å²) in [6.07, 6.45) is 0. The summed E-state index contributed by atoms with van der Waals surface area (Å²) in [5.41, 5.74) is 2.26. The molecule has 24 heavy (non-hydrogen) atoms. The molecule has 2 aromatic rings. The highest BCUT2D eigenvalue weighted by Crippen LogP contribution is 2.20. The Kier molecular flexibility index (Phi) is 6.42. The molecule has 0 unspecified atom stereocenters. The molecule has 2 N–H and O–H groups in total. The van der Waals surface area contributed by atoms with Crippen molar-refractivity contribution >= 4 is 33.4 Å². The lowest BCUT2D eigenvalue weighted by atomic mass is 10.2. The molecule has 2 aromatic carbocycles. The van der Waals surface area contributed by atoms with Crippen LogP contribution in [0.15, 0.2) is 53.4 Å². The van der Waals surface area contributed by atoms with Gasteiger partial charge in [0.2, 0.25) is 15.9 Å². The van der Waals surface area contributed by atoms with E-state index in [1.165, 1.54) is 24.9 Å². The van der Waals surface area contributed by atoms with Gasteiger partial charge in [0.25, 0.3) is 0 Å². The van der Waals surface area contributed by atoms with Gasteiger partial charge in [-0.05, 0) is 37.2 Å². The Morgan fingerprint density at radius 1 is 1.12 bits per heavy atom. The first kappa shape index (κ1) is 18.5. The molecular formula is C17H20N2O3S2. The van der Waals surface area contributed by atoms with Gasteiger partial charge in [-0.1, -0.05) is 36.4 Å². The van der Waals surface area contributed by atoms with Gasteiger partial charge in [-0.25, -0.2) is 13.1 Å². The summed E-state index contributed by atoms with van der Waals surface area (Å²) in [7, 11) is -2.19. The average molecular weight is 364 g/mol. The maximum atomic E-state index is 12.0. The Hall–Kier alpha value is -1.83. The summed E-state index contributed by atoms with van der Waals surface area (Å²) in [5.74, 6) is 0.894. The largest absolute Gasteiger partial charge is 0.325 e. The number of benzene rings is 2. The van der Waals surface area contributed by atoms with Gasteiger partial charge in [-0.2, -0.15) is 0 Å². The van der Waals surface area contributed by atoms with E-state index in [-0.39, 0.29) is 10.8 Å². The van der Waals surface area contributed by atoms with Crippen molar-refractivity contribution in [2.45, 2.75) is 17.6 Å². The van der Waals surface area contributed by atoms with E-state index >= 15 is 0 Å². The van der Waals surface area contributed by atoms with E-state index in [9.17, 15) is 13.2 Å². The summed E-state index contributed by atoms with van der Waals surface area (Å²) in [4.78, 5) is 12.2. The summed E-state index contributed by atoms with van der Waals surface area (Å²) in [5, 5.41) is 2.74. The van der Waals surface area contributed by atoms with Crippen molar-refractivity contribution in [1.29, 1.82) is 0 Å². The first-order valence-electron chi connectivity index (χ1n) is 7.38. The highest BCUT2D eigenvalue weighted by atomic mass is 32.2. The van der Waals surface area contributed by atoms with Crippen molar-refractivity contribution in [2.24, 2.45) is 0 Å². The van der Waals surface area contributed by atoms with Crippen molar-refractivity contribution in [2.75, 3.05) is 18.1 Å². The Morgan fingerprint density at radius 3 is 2.50 bits per heavy atom. The van der Waals surface area contributed by atoms with Crippen LogP contribution >= 0.6 is 11.8 Å². The molecule has 0 saturated carbocycles. The molecule has 0 aliphatic rings. The average Bonchev–Trinajstić information content (AvgIpc) is 2.57. The minimum atomic E-state index is -3.55. The lowest BCUT2D eigenvalue weighted by Gasteiger charge is -2.10. The van der Waals surface area contributed by atoms with Gasteiger partial charge in [0, 0.05) is 11.4 Å². The van der Waals surface area contributed by atoms with E-state index < -0.39 is 10.0 Å². The molecule has 0 aromatic heterocycles. The third-order valence-corrected chi connectivity index (χ3v) is 5.93. The van der Waals surface area contributed by atoms with Crippen LogP contribution in [0.25, 0.3) is 0 Å². The van der Waals surface area contributed by atoms with E-state index in [0.29, 0.717) is 17.0 Å². The third-order valence-electron chi connectivity index (χ3n) is 3.37. The predicted octanol–water partition coefficient (Wildman–Crippen LogP) is 2.78. The number of sulfonamides is 1. The van der Waals surface area contributed by atoms with Gasteiger partial charge in [0.1, 0.15) is 0 Å². The molecule has 0 aliphatic heterocycles. The van der Waals surface area contributed by atoms with Gasteiger partial charge in [-0.15, -0.1) is 11.8 Å². The van der Waals surface area contributed by atoms with Crippen LogP contribution in [-0.4, -0.2) is 27.1 Å². The Morgan fingerprint density at radius 2 is 1.83 bits per heavy atom. The highest BCUT2D eigenvalue weighted by molar-refractivity contribution is 7.99. The van der Waals surface area contributed by atoms with Crippen LogP contribution in [-0.2, 0) is 20.6 Å². The lowest BCUT2D eigenvalue weighted by Crippen LogP contribution is -2.20. The lowest BCUT2D eigenvalue weighted by molar-refractivity contribution is -0.113. The first-order chi connectivity index (χ1) is 11.4. The molecule has 0 aliphatic carbocycles. The van der Waals surface area contributed by atoms with Crippen LogP contribution in [0, 0.1) is 6.92 Å². The second-order valence-electron chi connectivity index (χ2n) is 5.21. The number of anilines is 1. The fourth-order valence-corrected chi connectivity index (χ4v) is 3.89. The molecule has 7 heteroatoms. The fourth-order valence-electron chi connectivity index (χ4n) is 2.11. The zero-order chi connectivity index (χ0) is 17.6. The minimum Gasteiger partial charge on any atom is -0.325 e. The van der Waals surface area contributed by atoms with Crippen LogP contribution < -0.4 is 10.0 Å². The normalized spacial score (nSPS) is 11.2. The van der Waals surface area contributed by atoms with Gasteiger partial charge >= 0.3 is 0 Å². The first-order valence-corrected chi connectivity index (χ1v) is 10.0. The second-order valence-corrected chi connectivity index (χ2v) is 8.05. The van der Waals surface area contributed by atoms with E-state index in [0.717, 1.165) is 11.3 Å². The summed E-state index contributed by atoms with van der Waals surface area (Å²) in [6, 6.07) is 14.8. The van der Waals surface area contributed by atoms with E-state index in [1.54, 1.807) is 19.1 Å². The number of rotatable bonds is 7. The molecule has 0 fully saturated rings. The fraction of sp³-hybridized carbons (Fsp3) is 0.235. The minimum absolute atomic E-state index is 0.160. The smallest absolute Gasteiger partial charge is 0.240 e. The highest BCUT2D eigenvalue weighted by Gasteiger charge is 2.15. The molecule has 0 spiro atoms. The molecule has 1 amide bonds. The number of nitrogens with one attached hydrogen (secondary N) is 2. The Bertz CT molecular complexity index is 806. The number of amides is 1. The molecule has 0 radical (unpaired) electrons. The standard InChI is InChI=1S/C17H20N2O3S2/c1-13-8-9-15(10-16(13)24(21,22)18-2)19-17(20)12-23-11-14-6-4-3-5-7-14/h3-10,18H,11-12H2,1-2H3,(H,19,20). The zero-order valence-corrected chi connectivity index (χ0v) is 15.2. The molecule has 0 heterocycles. The van der Waals surface area contributed by atoms with Gasteiger partial charge in [0.05, 0.1) is 10.6 Å². The monoisotopic (exact) mass is 364 g/mol. The second kappa shape index (κ2) is 8.32. The van der Waals surface area contributed by atoms with E-state index in [4.69, 9.17) is 0 Å². The van der Waals surface area contributed by atoms with E-state index in [1.807, 2.05) is 30.3 Å². The quantitative estimate of drug-likeness (QED) is 0.792. The molecule has 128 valence electrons.